The first-order valence-corrected chi connectivity index (χ1v) is 9.35. The van der Waals surface area contributed by atoms with Crippen LogP contribution in [0.3, 0.4) is 0 Å². The van der Waals surface area contributed by atoms with Crippen LogP contribution in [0.2, 0.25) is 0 Å². The van der Waals surface area contributed by atoms with Crippen LogP contribution in [-0.4, -0.2) is 50.3 Å². The van der Waals surface area contributed by atoms with Crippen molar-refractivity contribution in [2.75, 3.05) is 12.4 Å². The number of aromatic nitrogens is 4. The minimum atomic E-state index is -0.488. The van der Waals surface area contributed by atoms with Crippen molar-refractivity contribution in [3.8, 4) is 11.4 Å². The fourth-order valence-electron chi connectivity index (χ4n) is 2.41. The van der Waals surface area contributed by atoms with Gasteiger partial charge in [0, 0.05) is 0 Å². The van der Waals surface area contributed by atoms with Gasteiger partial charge in [-0.2, -0.15) is 4.68 Å². The van der Waals surface area contributed by atoms with Crippen LogP contribution in [0.1, 0.15) is 27.7 Å². The van der Waals surface area contributed by atoms with Gasteiger partial charge in [-0.15, -0.1) is 5.10 Å². The lowest BCUT2D eigenvalue weighted by atomic mass is 10.0. The number of rotatable bonds is 9. The Kier molecular flexibility index (Phi) is 7.14. The number of hydrogen-bond donors (Lipinski definition) is 1. The Morgan fingerprint density at radius 1 is 1.31 bits per heavy atom. The van der Waals surface area contributed by atoms with Crippen LogP contribution < -0.4 is 10.1 Å². The molecule has 2 aromatic rings. The van der Waals surface area contributed by atoms with E-state index in [1.54, 1.807) is 0 Å². The highest BCUT2D eigenvalue weighted by molar-refractivity contribution is 7.99. The summed E-state index contributed by atoms with van der Waals surface area (Å²) in [6.45, 7) is 7.68. The summed E-state index contributed by atoms with van der Waals surface area (Å²) in [4.78, 5) is 23.8. The summed E-state index contributed by atoms with van der Waals surface area (Å²) in [5.41, 5.74) is 0.700. The Balaban J connectivity index is 2.08. The normalized spacial score (nSPS) is 12.0. The summed E-state index contributed by atoms with van der Waals surface area (Å²) in [5.74, 6) is 0.494. The van der Waals surface area contributed by atoms with Crippen molar-refractivity contribution < 1.29 is 14.3 Å². The number of thioether (sulfide) groups is 1. The molecule has 0 aliphatic rings. The number of carbonyl (C=O) groups is 2. The fraction of sp³-hybridized carbons (Fsp3) is 0.471. The minimum absolute atomic E-state index is 0.0323. The van der Waals surface area contributed by atoms with Crippen LogP contribution in [0.4, 0.5) is 0 Å². The topological polar surface area (TPSA) is 99.0 Å². The third-order valence-electron chi connectivity index (χ3n) is 3.59. The Morgan fingerprint density at radius 2 is 2.04 bits per heavy atom. The van der Waals surface area contributed by atoms with Crippen LogP contribution in [-0.2, 0) is 9.59 Å². The van der Waals surface area contributed by atoms with Gasteiger partial charge in [-0.25, -0.2) is 0 Å². The first-order chi connectivity index (χ1) is 12.4. The number of tetrazole rings is 1. The van der Waals surface area contributed by atoms with E-state index in [1.165, 1.54) is 23.4 Å². The van der Waals surface area contributed by atoms with Crippen molar-refractivity contribution in [2.45, 2.75) is 38.9 Å². The van der Waals surface area contributed by atoms with Crippen LogP contribution >= 0.6 is 11.8 Å². The highest BCUT2D eigenvalue weighted by Gasteiger charge is 2.21. The molecule has 0 aliphatic carbocycles. The molecule has 0 saturated heterocycles. The van der Waals surface area contributed by atoms with Crippen molar-refractivity contribution in [2.24, 2.45) is 5.92 Å². The summed E-state index contributed by atoms with van der Waals surface area (Å²) in [5, 5.41) is 14.9. The second kappa shape index (κ2) is 9.33. The molecule has 2 rings (SSSR count). The minimum Gasteiger partial charge on any atom is -0.492 e. The van der Waals surface area contributed by atoms with Crippen LogP contribution in [0.25, 0.3) is 5.69 Å². The third kappa shape index (κ3) is 5.04. The molecule has 1 N–H and O–H groups in total. The van der Waals surface area contributed by atoms with E-state index in [0.717, 1.165) is 0 Å². The Morgan fingerprint density at radius 3 is 2.69 bits per heavy atom. The van der Waals surface area contributed by atoms with Crippen molar-refractivity contribution in [3.05, 3.63) is 24.3 Å². The van der Waals surface area contributed by atoms with Crippen LogP contribution in [0.15, 0.2) is 29.4 Å². The first kappa shape index (κ1) is 19.9. The molecule has 1 aromatic heterocycles. The van der Waals surface area contributed by atoms with E-state index in [2.05, 4.69) is 20.8 Å². The highest BCUT2D eigenvalue weighted by Crippen LogP contribution is 2.25. The van der Waals surface area contributed by atoms with Gasteiger partial charge in [0.15, 0.2) is 5.78 Å². The number of Topliss-reactive ketones (excluding diaryl/α,β-unsaturated/α-hetero) is 1. The molecule has 140 valence electrons. The number of hydrogen-bond acceptors (Lipinski definition) is 7. The molecule has 0 bridgehead atoms. The number of benzene rings is 1. The average molecular weight is 377 g/mol. The molecule has 0 radical (unpaired) electrons. The average Bonchev–Trinajstić information content (AvgIpc) is 3.06. The SMILES string of the molecule is CCOc1ccccc1-n1nnnc1SCC(=O)NC(C(C)=O)C(C)C. The summed E-state index contributed by atoms with van der Waals surface area (Å²) < 4.78 is 7.14. The molecule has 26 heavy (non-hydrogen) atoms. The number of amides is 1. The largest absolute Gasteiger partial charge is 0.492 e. The van der Waals surface area contributed by atoms with Gasteiger partial charge in [0.2, 0.25) is 11.1 Å². The number of nitrogens with zero attached hydrogens (tertiary/aromatic N) is 4. The zero-order valence-corrected chi connectivity index (χ0v) is 16.1. The van der Waals surface area contributed by atoms with Crippen molar-refractivity contribution in [3.63, 3.8) is 0 Å². The van der Waals surface area contributed by atoms with Gasteiger partial charge in [-0.3, -0.25) is 9.59 Å². The Labute approximate surface area is 156 Å². The maximum Gasteiger partial charge on any atom is 0.231 e. The lowest BCUT2D eigenvalue weighted by molar-refractivity contribution is -0.126. The van der Waals surface area contributed by atoms with E-state index in [1.807, 2.05) is 45.0 Å². The monoisotopic (exact) mass is 377 g/mol. The highest BCUT2D eigenvalue weighted by atomic mass is 32.2. The van der Waals surface area contributed by atoms with Gasteiger partial charge in [0.25, 0.3) is 0 Å². The second-order valence-corrected chi connectivity index (χ2v) is 6.91. The molecular weight excluding hydrogens is 354 g/mol. The van der Waals surface area contributed by atoms with Gasteiger partial charge in [0.1, 0.15) is 11.4 Å². The molecule has 0 spiro atoms. The maximum absolute atomic E-state index is 12.2. The summed E-state index contributed by atoms with van der Waals surface area (Å²) in [6.07, 6.45) is 0. The van der Waals surface area contributed by atoms with Gasteiger partial charge < -0.3 is 10.1 Å². The van der Waals surface area contributed by atoms with Crippen molar-refractivity contribution >= 4 is 23.5 Å². The number of ether oxygens (including phenoxy) is 1. The molecule has 1 atom stereocenters. The molecule has 0 fully saturated rings. The Bertz CT molecular complexity index is 762. The third-order valence-corrected chi connectivity index (χ3v) is 4.51. The van der Waals surface area contributed by atoms with Crippen LogP contribution in [0, 0.1) is 5.92 Å². The standard InChI is InChI=1S/C17H23N5O3S/c1-5-25-14-9-7-6-8-13(14)22-17(19-20-21-22)26-10-15(24)18-16(11(2)3)12(4)23/h6-9,11,16H,5,10H2,1-4H3,(H,18,24). The van der Waals surface area contributed by atoms with Crippen LogP contribution in [0.5, 0.6) is 5.75 Å². The quantitative estimate of drug-likeness (QED) is 0.666. The van der Waals surface area contributed by atoms with E-state index >= 15 is 0 Å². The molecule has 0 aliphatic heterocycles. The number of ketones is 1. The van der Waals surface area contributed by atoms with E-state index < -0.39 is 6.04 Å². The first-order valence-electron chi connectivity index (χ1n) is 8.37. The molecule has 1 unspecified atom stereocenters. The van der Waals surface area contributed by atoms with E-state index in [9.17, 15) is 9.59 Å². The van der Waals surface area contributed by atoms with Gasteiger partial charge in [-0.05, 0) is 42.3 Å². The Hall–Kier alpha value is -2.42. The molecule has 0 saturated carbocycles. The second-order valence-electron chi connectivity index (χ2n) is 5.96. The maximum atomic E-state index is 12.2. The lowest BCUT2D eigenvalue weighted by Gasteiger charge is -2.19. The lowest BCUT2D eigenvalue weighted by Crippen LogP contribution is -2.44. The van der Waals surface area contributed by atoms with E-state index in [0.29, 0.717) is 23.2 Å². The zero-order chi connectivity index (χ0) is 19.1. The molecule has 1 amide bonds. The molecule has 8 nitrogen and oxygen atoms in total. The summed E-state index contributed by atoms with van der Waals surface area (Å²) in [7, 11) is 0. The number of para-hydroxylation sites is 2. The number of carbonyl (C=O) groups excluding carboxylic acids is 2. The smallest absolute Gasteiger partial charge is 0.231 e. The summed E-state index contributed by atoms with van der Waals surface area (Å²) >= 11 is 1.20. The van der Waals surface area contributed by atoms with Crippen molar-refractivity contribution in [1.82, 2.24) is 25.5 Å². The van der Waals surface area contributed by atoms with Gasteiger partial charge in [0.05, 0.1) is 18.4 Å². The van der Waals surface area contributed by atoms with E-state index in [4.69, 9.17) is 4.74 Å². The van der Waals surface area contributed by atoms with Gasteiger partial charge >= 0.3 is 0 Å². The molecule has 9 heteroatoms. The predicted octanol–water partition coefficient (Wildman–Crippen LogP) is 1.88. The van der Waals surface area contributed by atoms with Crippen molar-refractivity contribution in [1.29, 1.82) is 0 Å². The zero-order valence-electron chi connectivity index (χ0n) is 15.3. The van der Waals surface area contributed by atoms with Gasteiger partial charge in [-0.1, -0.05) is 37.7 Å². The molecule has 1 heterocycles. The summed E-state index contributed by atoms with van der Waals surface area (Å²) in [6, 6.07) is 6.92. The number of nitrogens with one attached hydrogen (secondary N) is 1. The predicted molar refractivity (Wildman–Crippen MR) is 98.5 cm³/mol. The fourth-order valence-corrected chi connectivity index (χ4v) is 3.11. The van der Waals surface area contributed by atoms with E-state index in [-0.39, 0.29) is 23.4 Å². The molecular formula is C17H23N5O3S. The molecule has 1 aromatic carbocycles.